The maximum absolute atomic E-state index is 11.8. The van der Waals surface area contributed by atoms with E-state index in [4.69, 9.17) is 10.5 Å². The predicted molar refractivity (Wildman–Crippen MR) is 67.6 cm³/mol. The molecule has 0 spiro atoms. The van der Waals surface area contributed by atoms with Gasteiger partial charge >= 0.3 is 0 Å². The summed E-state index contributed by atoms with van der Waals surface area (Å²) in [4.78, 5) is 11.8. The van der Waals surface area contributed by atoms with Gasteiger partial charge in [0.05, 0.1) is 6.04 Å². The van der Waals surface area contributed by atoms with Gasteiger partial charge in [-0.25, -0.2) is 0 Å². The molecule has 1 saturated carbocycles. The Morgan fingerprint density at radius 2 is 2.38 bits per heavy atom. The van der Waals surface area contributed by atoms with E-state index in [-0.39, 0.29) is 5.91 Å². The molecular weight excluding hydrogens is 224 g/mol. The quantitative estimate of drug-likeness (QED) is 0.726. The molecule has 0 bridgehead atoms. The zero-order valence-electron chi connectivity index (χ0n) is 10.1. The summed E-state index contributed by atoms with van der Waals surface area (Å²) in [6.45, 7) is 0.533. The number of carbonyl (C=O) groups excluding carboxylic acids is 1. The van der Waals surface area contributed by atoms with Gasteiger partial charge in [0.15, 0.2) is 0 Å². The minimum absolute atomic E-state index is 0.0389. The summed E-state index contributed by atoms with van der Waals surface area (Å²) >= 11 is 1.83. The lowest BCUT2D eigenvalue weighted by atomic mass is 10.2. The van der Waals surface area contributed by atoms with Crippen LogP contribution in [0.15, 0.2) is 0 Å². The first-order valence-electron chi connectivity index (χ1n) is 5.76. The van der Waals surface area contributed by atoms with E-state index in [2.05, 4.69) is 11.6 Å². The van der Waals surface area contributed by atoms with Crippen LogP contribution in [0.4, 0.5) is 0 Å². The molecule has 0 aliphatic heterocycles. The summed E-state index contributed by atoms with van der Waals surface area (Å²) in [5, 5.41) is 3.60. The first-order valence-corrected chi connectivity index (χ1v) is 7.05. The summed E-state index contributed by atoms with van der Waals surface area (Å²) in [5.41, 5.74) is 5.77. The number of thioether (sulfide) groups is 1. The maximum Gasteiger partial charge on any atom is 0.237 e. The van der Waals surface area contributed by atoms with Crippen LogP contribution in [0.3, 0.4) is 0 Å². The van der Waals surface area contributed by atoms with Crippen molar-refractivity contribution in [3.8, 4) is 0 Å². The van der Waals surface area contributed by atoms with E-state index in [0.717, 1.165) is 6.42 Å². The van der Waals surface area contributed by atoms with Gasteiger partial charge in [0.1, 0.15) is 0 Å². The van der Waals surface area contributed by atoms with Crippen LogP contribution in [0.2, 0.25) is 0 Å². The number of methoxy groups -OCH3 is 1. The van der Waals surface area contributed by atoms with E-state index >= 15 is 0 Å². The molecule has 0 saturated heterocycles. The molecule has 4 nitrogen and oxygen atoms in total. The lowest BCUT2D eigenvalue weighted by Crippen LogP contribution is -2.47. The number of carbonyl (C=O) groups is 1. The Morgan fingerprint density at radius 1 is 1.62 bits per heavy atom. The molecule has 5 heteroatoms. The van der Waals surface area contributed by atoms with Crippen LogP contribution in [0.1, 0.15) is 25.7 Å². The smallest absolute Gasteiger partial charge is 0.237 e. The van der Waals surface area contributed by atoms with E-state index in [1.165, 1.54) is 12.8 Å². The molecule has 3 unspecified atom stereocenters. The minimum atomic E-state index is -0.442. The molecule has 0 aromatic carbocycles. The van der Waals surface area contributed by atoms with Gasteiger partial charge in [-0.15, -0.1) is 0 Å². The van der Waals surface area contributed by atoms with Gasteiger partial charge in [-0.3, -0.25) is 4.79 Å². The number of hydrogen-bond acceptors (Lipinski definition) is 4. The van der Waals surface area contributed by atoms with E-state index < -0.39 is 6.04 Å². The zero-order chi connectivity index (χ0) is 12.0. The Hall–Kier alpha value is -0.260. The molecule has 16 heavy (non-hydrogen) atoms. The fourth-order valence-electron chi connectivity index (χ4n) is 2.04. The third kappa shape index (κ3) is 3.96. The van der Waals surface area contributed by atoms with Gasteiger partial charge in [0, 0.05) is 25.0 Å². The van der Waals surface area contributed by atoms with Gasteiger partial charge in [-0.05, 0) is 25.5 Å². The van der Waals surface area contributed by atoms with Crippen LogP contribution < -0.4 is 11.1 Å². The summed E-state index contributed by atoms with van der Waals surface area (Å²) in [6.07, 6.45) is 6.15. The summed E-state index contributed by atoms with van der Waals surface area (Å²) in [6, 6.07) is -0.140. The van der Waals surface area contributed by atoms with E-state index in [1.54, 1.807) is 7.11 Å². The van der Waals surface area contributed by atoms with Crippen molar-refractivity contribution < 1.29 is 9.53 Å². The predicted octanol–water partition coefficient (Wildman–Crippen LogP) is 0.751. The second kappa shape index (κ2) is 7.14. The van der Waals surface area contributed by atoms with E-state index in [9.17, 15) is 4.79 Å². The Morgan fingerprint density at radius 3 is 3.00 bits per heavy atom. The maximum atomic E-state index is 11.8. The summed E-state index contributed by atoms with van der Waals surface area (Å²) < 4.78 is 4.91. The highest BCUT2D eigenvalue weighted by atomic mass is 32.2. The third-order valence-electron chi connectivity index (χ3n) is 3.05. The third-order valence-corrected chi connectivity index (χ3v) is 4.22. The SMILES string of the molecule is COCCC(N)C(=O)NC1CCCC1SC. The first-order chi connectivity index (χ1) is 7.69. The number of amides is 1. The average molecular weight is 246 g/mol. The van der Waals surface area contributed by atoms with Crippen molar-refractivity contribution in [1.82, 2.24) is 5.32 Å². The van der Waals surface area contributed by atoms with Crippen LogP contribution in [0, 0.1) is 0 Å². The topological polar surface area (TPSA) is 64.3 Å². The lowest BCUT2D eigenvalue weighted by molar-refractivity contribution is -0.123. The Bertz CT molecular complexity index is 226. The molecule has 0 heterocycles. The molecule has 1 aliphatic rings. The standard InChI is InChI=1S/C11H22N2O2S/c1-15-7-6-8(12)11(14)13-9-4-3-5-10(9)16-2/h8-10H,3-7,12H2,1-2H3,(H,13,14). The zero-order valence-corrected chi connectivity index (χ0v) is 10.9. The van der Waals surface area contributed by atoms with Crippen LogP contribution in [-0.2, 0) is 9.53 Å². The monoisotopic (exact) mass is 246 g/mol. The van der Waals surface area contributed by atoms with Crippen molar-refractivity contribution in [2.45, 2.75) is 43.0 Å². The molecule has 0 radical (unpaired) electrons. The molecule has 0 aromatic rings. The van der Waals surface area contributed by atoms with Gasteiger partial charge in [-0.1, -0.05) is 6.42 Å². The number of nitrogens with two attached hydrogens (primary N) is 1. The highest BCUT2D eigenvalue weighted by molar-refractivity contribution is 7.99. The average Bonchev–Trinajstić information content (AvgIpc) is 2.72. The number of nitrogens with one attached hydrogen (secondary N) is 1. The number of ether oxygens (including phenoxy) is 1. The minimum Gasteiger partial charge on any atom is -0.385 e. The van der Waals surface area contributed by atoms with Gasteiger partial charge in [-0.2, -0.15) is 11.8 Å². The van der Waals surface area contributed by atoms with Crippen molar-refractivity contribution in [2.75, 3.05) is 20.0 Å². The second-order valence-electron chi connectivity index (χ2n) is 4.21. The normalized spacial score (nSPS) is 26.7. The molecule has 1 amide bonds. The first kappa shape index (κ1) is 13.8. The molecule has 1 fully saturated rings. The van der Waals surface area contributed by atoms with E-state index in [1.807, 2.05) is 11.8 Å². The second-order valence-corrected chi connectivity index (χ2v) is 5.29. The molecule has 1 rings (SSSR count). The van der Waals surface area contributed by atoms with Crippen molar-refractivity contribution >= 4 is 17.7 Å². The Labute approximate surface area is 102 Å². The fraction of sp³-hybridized carbons (Fsp3) is 0.909. The van der Waals surface area contributed by atoms with Crippen molar-refractivity contribution in [3.05, 3.63) is 0 Å². The Kier molecular flexibility index (Phi) is 6.16. The van der Waals surface area contributed by atoms with Gasteiger partial charge < -0.3 is 15.8 Å². The molecule has 94 valence electrons. The van der Waals surface area contributed by atoms with Crippen molar-refractivity contribution in [3.63, 3.8) is 0 Å². The van der Waals surface area contributed by atoms with Crippen LogP contribution >= 0.6 is 11.8 Å². The van der Waals surface area contributed by atoms with Crippen molar-refractivity contribution in [2.24, 2.45) is 5.73 Å². The molecule has 3 N–H and O–H groups in total. The molecule has 3 atom stereocenters. The number of hydrogen-bond donors (Lipinski definition) is 2. The summed E-state index contributed by atoms with van der Waals surface area (Å²) in [7, 11) is 1.62. The largest absolute Gasteiger partial charge is 0.385 e. The lowest BCUT2D eigenvalue weighted by Gasteiger charge is -2.21. The number of rotatable bonds is 6. The van der Waals surface area contributed by atoms with Crippen LogP contribution in [0.25, 0.3) is 0 Å². The highest BCUT2D eigenvalue weighted by Crippen LogP contribution is 2.28. The van der Waals surface area contributed by atoms with E-state index in [0.29, 0.717) is 24.3 Å². The fourth-order valence-corrected chi connectivity index (χ4v) is 2.97. The highest BCUT2D eigenvalue weighted by Gasteiger charge is 2.28. The van der Waals surface area contributed by atoms with Gasteiger partial charge in [0.25, 0.3) is 0 Å². The summed E-state index contributed by atoms with van der Waals surface area (Å²) in [5.74, 6) is -0.0389. The van der Waals surface area contributed by atoms with Crippen LogP contribution in [-0.4, -0.2) is 43.2 Å². The molecule has 1 aliphatic carbocycles. The van der Waals surface area contributed by atoms with Crippen molar-refractivity contribution in [1.29, 1.82) is 0 Å². The van der Waals surface area contributed by atoms with Crippen LogP contribution in [0.5, 0.6) is 0 Å². The molecule has 0 aromatic heterocycles. The Balaban J connectivity index is 2.32. The molecular formula is C11H22N2O2S. The van der Waals surface area contributed by atoms with Gasteiger partial charge in [0.2, 0.25) is 5.91 Å².